The van der Waals surface area contributed by atoms with Crippen LogP contribution >= 0.6 is 22.6 Å². The van der Waals surface area contributed by atoms with Gasteiger partial charge in [0.25, 0.3) is 6.43 Å². The summed E-state index contributed by atoms with van der Waals surface area (Å²) in [7, 11) is 0. The van der Waals surface area contributed by atoms with Gasteiger partial charge in [-0.1, -0.05) is 0 Å². The molecule has 1 rings (SSSR count). The number of hydrogen-bond donors (Lipinski definition) is 1. The molecule has 6 heteroatoms. The van der Waals surface area contributed by atoms with Crippen molar-refractivity contribution in [2.24, 2.45) is 5.73 Å². The Morgan fingerprint density at radius 1 is 1.64 bits per heavy atom. The van der Waals surface area contributed by atoms with Crippen molar-refractivity contribution < 1.29 is 13.6 Å². The van der Waals surface area contributed by atoms with Crippen LogP contribution in [0.3, 0.4) is 0 Å². The van der Waals surface area contributed by atoms with E-state index in [-0.39, 0.29) is 23.4 Å². The standard InChI is InChI=1S/C8H7F2IN2O/c9-8(10)7-4(1-12)5(11)2-13-6(7)3-14/h2-3,8H,1,12H2. The fourth-order valence-electron chi connectivity index (χ4n) is 1.10. The molecule has 0 amide bonds. The number of nitrogens with zero attached hydrogens (tertiary/aromatic N) is 1. The maximum absolute atomic E-state index is 12.6. The second kappa shape index (κ2) is 4.74. The van der Waals surface area contributed by atoms with Crippen molar-refractivity contribution in [3.63, 3.8) is 0 Å². The van der Waals surface area contributed by atoms with E-state index in [2.05, 4.69) is 4.98 Å². The molecule has 0 aliphatic rings. The molecule has 0 aliphatic heterocycles. The summed E-state index contributed by atoms with van der Waals surface area (Å²) in [4.78, 5) is 14.1. The van der Waals surface area contributed by atoms with Crippen molar-refractivity contribution >= 4 is 28.9 Å². The number of carbonyl (C=O) groups excluding carboxylic acids is 1. The van der Waals surface area contributed by atoms with E-state index in [0.29, 0.717) is 9.86 Å². The Kier molecular flexibility index (Phi) is 3.87. The molecule has 0 fully saturated rings. The van der Waals surface area contributed by atoms with E-state index in [1.54, 1.807) is 0 Å². The third kappa shape index (κ3) is 2.06. The van der Waals surface area contributed by atoms with Gasteiger partial charge in [0.05, 0.1) is 5.56 Å². The predicted octanol–water partition coefficient (Wildman–Crippen LogP) is 1.90. The van der Waals surface area contributed by atoms with Crippen LogP contribution in [0.2, 0.25) is 0 Å². The Hall–Kier alpha value is -0.630. The second-order valence-electron chi connectivity index (χ2n) is 2.51. The van der Waals surface area contributed by atoms with Crippen LogP contribution in [-0.2, 0) is 6.54 Å². The number of nitrogens with two attached hydrogens (primary N) is 1. The number of pyridine rings is 1. The van der Waals surface area contributed by atoms with Crippen molar-refractivity contribution in [3.05, 3.63) is 26.6 Å². The Morgan fingerprint density at radius 3 is 2.71 bits per heavy atom. The highest BCUT2D eigenvalue weighted by Crippen LogP contribution is 2.27. The van der Waals surface area contributed by atoms with E-state index in [9.17, 15) is 13.6 Å². The molecule has 76 valence electrons. The number of aldehydes is 1. The Balaban J connectivity index is 3.43. The molecule has 0 bridgehead atoms. The van der Waals surface area contributed by atoms with Gasteiger partial charge in [-0.3, -0.25) is 9.78 Å². The lowest BCUT2D eigenvalue weighted by Gasteiger charge is -2.10. The van der Waals surface area contributed by atoms with Crippen molar-refractivity contribution in [2.75, 3.05) is 0 Å². The van der Waals surface area contributed by atoms with Gasteiger partial charge in [-0.25, -0.2) is 8.78 Å². The van der Waals surface area contributed by atoms with Crippen molar-refractivity contribution in [3.8, 4) is 0 Å². The number of aromatic nitrogens is 1. The van der Waals surface area contributed by atoms with E-state index in [1.165, 1.54) is 6.20 Å². The Morgan fingerprint density at radius 2 is 2.29 bits per heavy atom. The molecular weight excluding hydrogens is 305 g/mol. The predicted molar refractivity (Wildman–Crippen MR) is 55.2 cm³/mol. The van der Waals surface area contributed by atoms with Crippen LogP contribution in [-0.4, -0.2) is 11.3 Å². The smallest absolute Gasteiger partial charge is 0.266 e. The topological polar surface area (TPSA) is 56.0 Å². The molecule has 0 unspecified atom stereocenters. The van der Waals surface area contributed by atoms with Crippen LogP contribution in [0, 0.1) is 3.57 Å². The molecule has 0 saturated carbocycles. The van der Waals surface area contributed by atoms with Crippen LogP contribution in [0.25, 0.3) is 0 Å². The molecule has 0 spiro atoms. The van der Waals surface area contributed by atoms with Gasteiger partial charge in [0.1, 0.15) is 5.69 Å². The lowest BCUT2D eigenvalue weighted by molar-refractivity contribution is 0.110. The molecule has 0 atom stereocenters. The Bertz CT molecular complexity index is 357. The van der Waals surface area contributed by atoms with E-state index in [4.69, 9.17) is 5.73 Å². The Labute approximate surface area is 92.8 Å². The zero-order chi connectivity index (χ0) is 10.7. The molecule has 1 heterocycles. The third-order valence-electron chi connectivity index (χ3n) is 1.74. The van der Waals surface area contributed by atoms with Crippen LogP contribution in [0.4, 0.5) is 8.78 Å². The van der Waals surface area contributed by atoms with Gasteiger partial charge in [0.15, 0.2) is 6.29 Å². The summed E-state index contributed by atoms with van der Waals surface area (Å²) >= 11 is 1.86. The summed E-state index contributed by atoms with van der Waals surface area (Å²) < 4.78 is 25.7. The maximum Gasteiger partial charge on any atom is 0.266 e. The molecular formula is C8H7F2IN2O. The zero-order valence-electron chi connectivity index (χ0n) is 7.01. The lowest BCUT2D eigenvalue weighted by Crippen LogP contribution is -2.09. The van der Waals surface area contributed by atoms with Crippen molar-refractivity contribution in [1.82, 2.24) is 4.98 Å². The maximum atomic E-state index is 12.6. The highest BCUT2D eigenvalue weighted by atomic mass is 127. The quantitative estimate of drug-likeness (QED) is 0.685. The first kappa shape index (κ1) is 11.4. The third-order valence-corrected chi connectivity index (χ3v) is 2.67. The van der Waals surface area contributed by atoms with Crippen LogP contribution in [0.1, 0.15) is 28.0 Å². The van der Waals surface area contributed by atoms with Gasteiger partial charge in [-0.05, 0) is 28.2 Å². The normalized spacial score (nSPS) is 10.6. The van der Waals surface area contributed by atoms with Crippen LogP contribution in [0.15, 0.2) is 6.20 Å². The number of hydrogen-bond acceptors (Lipinski definition) is 3. The molecule has 0 aromatic carbocycles. The van der Waals surface area contributed by atoms with Gasteiger partial charge in [-0.15, -0.1) is 0 Å². The van der Waals surface area contributed by atoms with Crippen LogP contribution < -0.4 is 5.73 Å². The molecule has 0 radical (unpaired) electrons. The average molecular weight is 312 g/mol. The summed E-state index contributed by atoms with van der Waals surface area (Å²) in [6.45, 7) is -0.0265. The summed E-state index contributed by atoms with van der Waals surface area (Å²) in [5, 5.41) is 0. The average Bonchev–Trinajstić information content (AvgIpc) is 2.17. The van der Waals surface area contributed by atoms with Gasteiger partial charge >= 0.3 is 0 Å². The number of rotatable bonds is 3. The minimum absolute atomic E-state index is 0.0265. The van der Waals surface area contributed by atoms with E-state index < -0.39 is 6.43 Å². The van der Waals surface area contributed by atoms with Crippen LogP contribution in [0.5, 0.6) is 0 Å². The molecule has 1 aromatic rings. The van der Waals surface area contributed by atoms with E-state index in [1.807, 2.05) is 22.6 Å². The van der Waals surface area contributed by atoms with E-state index >= 15 is 0 Å². The molecule has 0 saturated heterocycles. The first-order chi connectivity index (χ1) is 6.61. The zero-order valence-corrected chi connectivity index (χ0v) is 9.16. The molecule has 1 aromatic heterocycles. The van der Waals surface area contributed by atoms with Crippen molar-refractivity contribution in [1.29, 1.82) is 0 Å². The fourth-order valence-corrected chi connectivity index (χ4v) is 1.75. The summed E-state index contributed by atoms with van der Waals surface area (Å²) in [5.41, 5.74) is 5.03. The minimum atomic E-state index is -2.73. The van der Waals surface area contributed by atoms with Gasteiger partial charge in [0.2, 0.25) is 0 Å². The van der Waals surface area contributed by atoms with Gasteiger partial charge < -0.3 is 5.73 Å². The van der Waals surface area contributed by atoms with Gasteiger partial charge in [-0.2, -0.15) is 0 Å². The fraction of sp³-hybridized carbons (Fsp3) is 0.250. The molecule has 0 aliphatic carbocycles. The summed E-state index contributed by atoms with van der Waals surface area (Å²) in [6.07, 6.45) is -1.05. The summed E-state index contributed by atoms with van der Waals surface area (Å²) in [6, 6.07) is 0. The minimum Gasteiger partial charge on any atom is -0.326 e. The van der Waals surface area contributed by atoms with E-state index in [0.717, 1.165) is 0 Å². The van der Waals surface area contributed by atoms with Gasteiger partial charge in [0, 0.05) is 16.3 Å². The SMILES string of the molecule is NCc1c(I)cnc(C=O)c1C(F)F. The molecule has 2 N–H and O–H groups in total. The van der Waals surface area contributed by atoms with Crippen molar-refractivity contribution in [2.45, 2.75) is 13.0 Å². The first-order valence-corrected chi connectivity index (χ1v) is 4.80. The largest absolute Gasteiger partial charge is 0.326 e. The highest BCUT2D eigenvalue weighted by molar-refractivity contribution is 14.1. The number of halogens is 3. The molecule has 3 nitrogen and oxygen atoms in total. The monoisotopic (exact) mass is 312 g/mol. The summed E-state index contributed by atoms with van der Waals surface area (Å²) in [5.74, 6) is 0. The number of alkyl halides is 2. The second-order valence-corrected chi connectivity index (χ2v) is 3.67. The first-order valence-electron chi connectivity index (χ1n) is 3.72. The highest BCUT2D eigenvalue weighted by Gasteiger charge is 2.20. The lowest BCUT2D eigenvalue weighted by atomic mass is 10.1. The molecule has 14 heavy (non-hydrogen) atoms. The number of carbonyl (C=O) groups is 1.